The minimum Gasteiger partial charge on any atom is -0.355 e. The van der Waals surface area contributed by atoms with Crippen LogP contribution in [0.1, 0.15) is 32.1 Å². The number of hydrogen-bond acceptors (Lipinski definition) is 6. The van der Waals surface area contributed by atoms with Crippen LogP contribution >= 0.6 is 0 Å². The molecule has 0 spiro atoms. The second-order valence-corrected chi connectivity index (χ2v) is 6.93. The van der Waals surface area contributed by atoms with Crippen molar-refractivity contribution in [3.05, 3.63) is 6.33 Å². The standard InChI is InChI=1S/C16H23N7O/c1-22-14-13(20-21-22)15(19-10-18-14)23-8-12(9-23)16(24)17-7-11-5-3-2-4-6-11/h10-12H,2-9H2,1H3,(H,17,24). The van der Waals surface area contributed by atoms with Gasteiger partial charge in [-0.05, 0) is 18.8 Å². The second kappa shape index (κ2) is 6.33. The average molecular weight is 329 g/mol. The molecule has 8 heteroatoms. The first-order chi connectivity index (χ1) is 11.7. The van der Waals surface area contributed by atoms with Crippen molar-refractivity contribution in [3.8, 4) is 0 Å². The average Bonchev–Trinajstić information content (AvgIpc) is 2.95. The number of carbonyl (C=O) groups is 1. The van der Waals surface area contributed by atoms with Gasteiger partial charge in [-0.25, -0.2) is 14.6 Å². The molecule has 0 radical (unpaired) electrons. The molecule has 1 saturated heterocycles. The molecule has 0 bridgehead atoms. The maximum atomic E-state index is 12.3. The zero-order valence-corrected chi connectivity index (χ0v) is 14.0. The smallest absolute Gasteiger partial charge is 0.226 e. The van der Waals surface area contributed by atoms with Crippen LogP contribution in [-0.2, 0) is 11.8 Å². The lowest BCUT2D eigenvalue weighted by molar-refractivity contribution is -0.125. The molecule has 128 valence electrons. The Kier molecular flexibility index (Phi) is 4.03. The van der Waals surface area contributed by atoms with Crippen LogP contribution in [0.3, 0.4) is 0 Å². The van der Waals surface area contributed by atoms with Gasteiger partial charge in [0.1, 0.15) is 6.33 Å². The third-order valence-corrected chi connectivity index (χ3v) is 5.21. The predicted molar refractivity (Wildman–Crippen MR) is 89.4 cm³/mol. The summed E-state index contributed by atoms with van der Waals surface area (Å²) in [5.74, 6) is 1.64. The number of fused-ring (bicyclic) bond motifs is 1. The van der Waals surface area contributed by atoms with Gasteiger partial charge in [-0.1, -0.05) is 24.5 Å². The highest BCUT2D eigenvalue weighted by molar-refractivity contribution is 5.86. The van der Waals surface area contributed by atoms with E-state index in [1.165, 1.54) is 38.4 Å². The largest absolute Gasteiger partial charge is 0.355 e. The van der Waals surface area contributed by atoms with Gasteiger partial charge in [0.05, 0.1) is 5.92 Å². The van der Waals surface area contributed by atoms with Crippen molar-refractivity contribution < 1.29 is 4.79 Å². The van der Waals surface area contributed by atoms with E-state index in [-0.39, 0.29) is 11.8 Å². The fourth-order valence-corrected chi connectivity index (χ4v) is 3.67. The molecule has 4 rings (SSSR count). The number of rotatable bonds is 4. The van der Waals surface area contributed by atoms with E-state index in [1.54, 1.807) is 4.68 Å². The molecule has 0 atom stereocenters. The number of hydrogen-bond donors (Lipinski definition) is 1. The Bertz CT molecular complexity index is 731. The van der Waals surface area contributed by atoms with Crippen molar-refractivity contribution in [2.45, 2.75) is 32.1 Å². The van der Waals surface area contributed by atoms with Crippen molar-refractivity contribution in [1.29, 1.82) is 0 Å². The van der Waals surface area contributed by atoms with E-state index in [1.807, 2.05) is 7.05 Å². The summed E-state index contributed by atoms with van der Waals surface area (Å²) in [7, 11) is 1.81. The van der Waals surface area contributed by atoms with Crippen molar-refractivity contribution in [2.75, 3.05) is 24.5 Å². The Hall–Kier alpha value is -2.25. The summed E-state index contributed by atoms with van der Waals surface area (Å²) in [4.78, 5) is 22.9. The number of aromatic nitrogens is 5. The molecule has 1 saturated carbocycles. The Labute approximate surface area is 140 Å². The third-order valence-electron chi connectivity index (χ3n) is 5.21. The van der Waals surface area contributed by atoms with Gasteiger partial charge in [-0.3, -0.25) is 4.79 Å². The van der Waals surface area contributed by atoms with Gasteiger partial charge in [0.25, 0.3) is 0 Å². The fourth-order valence-electron chi connectivity index (χ4n) is 3.67. The molecule has 2 fully saturated rings. The van der Waals surface area contributed by atoms with Gasteiger partial charge in [0.2, 0.25) is 5.91 Å². The van der Waals surface area contributed by atoms with Crippen molar-refractivity contribution in [2.24, 2.45) is 18.9 Å². The molecule has 1 amide bonds. The number of amides is 1. The van der Waals surface area contributed by atoms with Crippen LogP contribution in [0.5, 0.6) is 0 Å². The Morgan fingerprint density at radius 1 is 1.25 bits per heavy atom. The normalized spacial score (nSPS) is 19.5. The molecule has 24 heavy (non-hydrogen) atoms. The minimum atomic E-state index is 0.0373. The molecule has 0 unspecified atom stereocenters. The van der Waals surface area contributed by atoms with Crippen molar-refractivity contribution >= 4 is 22.9 Å². The van der Waals surface area contributed by atoms with E-state index in [2.05, 4.69) is 30.5 Å². The molecule has 2 aromatic rings. The van der Waals surface area contributed by atoms with Crippen LogP contribution in [0.25, 0.3) is 11.2 Å². The van der Waals surface area contributed by atoms with Crippen LogP contribution in [0, 0.1) is 11.8 Å². The molecule has 1 aliphatic heterocycles. The minimum absolute atomic E-state index is 0.0373. The van der Waals surface area contributed by atoms with E-state index in [4.69, 9.17) is 0 Å². The molecule has 2 aromatic heterocycles. The Balaban J connectivity index is 1.33. The van der Waals surface area contributed by atoms with E-state index < -0.39 is 0 Å². The van der Waals surface area contributed by atoms with Crippen molar-refractivity contribution in [3.63, 3.8) is 0 Å². The zero-order valence-electron chi connectivity index (χ0n) is 14.0. The first-order valence-electron chi connectivity index (χ1n) is 8.75. The number of carbonyl (C=O) groups excluding carboxylic acids is 1. The quantitative estimate of drug-likeness (QED) is 0.896. The Morgan fingerprint density at radius 3 is 2.83 bits per heavy atom. The molecule has 2 aliphatic rings. The van der Waals surface area contributed by atoms with E-state index in [0.29, 0.717) is 30.2 Å². The van der Waals surface area contributed by atoms with Crippen LogP contribution in [0.2, 0.25) is 0 Å². The van der Waals surface area contributed by atoms with Crippen LogP contribution < -0.4 is 10.2 Å². The highest BCUT2D eigenvalue weighted by Crippen LogP contribution is 2.28. The predicted octanol–water partition coefficient (Wildman–Crippen LogP) is 0.891. The zero-order chi connectivity index (χ0) is 16.5. The maximum Gasteiger partial charge on any atom is 0.226 e. The third kappa shape index (κ3) is 2.81. The number of aryl methyl sites for hydroxylation is 1. The fraction of sp³-hybridized carbons (Fsp3) is 0.688. The van der Waals surface area contributed by atoms with Gasteiger partial charge < -0.3 is 10.2 Å². The Morgan fingerprint density at radius 2 is 2.04 bits per heavy atom. The summed E-state index contributed by atoms with van der Waals surface area (Å²) >= 11 is 0. The summed E-state index contributed by atoms with van der Waals surface area (Å²) in [6.07, 6.45) is 7.99. The van der Waals surface area contributed by atoms with Gasteiger partial charge in [0.15, 0.2) is 17.0 Å². The van der Waals surface area contributed by atoms with Crippen molar-refractivity contribution in [1.82, 2.24) is 30.3 Å². The highest BCUT2D eigenvalue weighted by Gasteiger charge is 2.35. The van der Waals surface area contributed by atoms with E-state index in [0.717, 1.165) is 12.4 Å². The molecule has 1 N–H and O–H groups in total. The number of nitrogens with zero attached hydrogens (tertiary/aromatic N) is 6. The highest BCUT2D eigenvalue weighted by atomic mass is 16.2. The first kappa shape index (κ1) is 15.3. The maximum absolute atomic E-state index is 12.3. The van der Waals surface area contributed by atoms with Crippen LogP contribution in [0.15, 0.2) is 6.33 Å². The van der Waals surface area contributed by atoms with Gasteiger partial charge in [-0.2, -0.15) is 0 Å². The number of anilines is 1. The molecule has 8 nitrogen and oxygen atoms in total. The van der Waals surface area contributed by atoms with Gasteiger partial charge >= 0.3 is 0 Å². The van der Waals surface area contributed by atoms with E-state index >= 15 is 0 Å². The molecule has 3 heterocycles. The van der Waals surface area contributed by atoms with Gasteiger partial charge in [0, 0.05) is 26.7 Å². The monoisotopic (exact) mass is 329 g/mol. The summed E-state index contributed by atoms with van der Waals surface area (Å²) in [5, 5.41) is 11.3. The number of nitrogens with one attached hydrogen (secondary N) is 1. The lowest BCUT2D eigenvalue weighted by Crippen LogP contribution is -2.54. The van der Waals surface area contributed by atoms with Gasteiger partial charge in [-0.15, -0.1) is 5.10 Å². The lowest BCUT2D eigenvalue weighted by Gasteiger charge is -2.39. The first-order valence-corrected chi connectivity index (χ1v) is 8.75. The summed E-state index contributed by atoms with van der Waals surface area (Å²) in [5.41, 5.74) is 1.41. The second-order valence-electron chi connectivity index (χ2n) is 6.93. The lowest BCUT2D eigenvalue weighted by atomic mass is 9.89. The molecular formula is C16H23N7O. The molecular weight excluding hydrogens is 306 g/mol. The topological polar surface area (TPSA) is 88.8 Å². The van der Waals surface area contributed by atoms with Crippen LogP contribution in [0.4, 0.5) is 5.82 Å². The van der Waals surface area contributed by atoms with Crippen LogP contribution in [-0.4, -0.2) is 50.5 Å². The summed E-state index contributed by atoms with van der Waals surface area (Å²) in [6, 6.07) is 0. The van der Waals surface area contributed by atoms with E-state index in [9.17, 15) is 4.79 Å². The summed E-state index contributed by atoms with van der Waals surface area (Å²) in [6.45, 7) is 2.19. The SMILES string of the molecule is Cn1nnc2c(N3CC(C(=O)NCC4CCCCC4)C3)ncnc21. The molecule has 1 aliphatic carbocycles. The summed E-state index contributed by atoms with van der Waals surface area (Å²) < 4.78 is 1.63. The molecule has 0 aromatic carbocycles.